The van der Waals surface area contributed by atoms with E-state index in [1.165, 1.54) is 4.90 Å². The second-order valence-corrected chi connectivity index (χ2v) is 7.43. The van der Waals surface area contributed by atoms with Gasteiger partial charge in [0, 0.05) is 29.2 Å². The number of hydrogen-bond acceptors (Lipinski definition) is 2. The number of carbonyl (C=O) groups is 2. The van der Waals surface area contributed by atoms with E-state index in [9.17, 15) is 9.59 Å². The van der Waals surface area contributed by atoms with E-state index < -0.39 is 6.04 Å². The number of benzene rings is 2. The van der Waals surface area contributed by atoms with Crippen molar-refractivity contribution in [3.05, 3.63) is 68.7 Å². The molecule has 0 spiro atoms. The Morgan fingerprint density at radius 3 is 2.33 bits per heavy atom. The molecule has 0 fully saturated rings. The molecule has 1 unspecified atom stereocenters. The van der Waals surface area contributed by atoms with Gasteiger partial charge < -0.3 is 10.2 Å². The minimum atomic E-state index is -0.653. The predicted octanol–water partition coefficient (Wildman–Crippen LogP) is 4.32. The zero-order valence-corrected chi connectivity index (χ0v) is 17.5. The van der Waals surface area contributed by atoms with Gasteiger partial charge in [-0.15, -0.1) is 0 Å². The molecule has 1 atom stereocenters. The third-order valence-electron chi connectivity index (χ3n) is 4.65. The minimum absolute atomic E-state index is 0.157. The van der Waals surface area contributed by atoms with Crippen LogP contribution in [-0.4, -0.2) is 29.8 Å². The van der Waals surface area contributed by atoms with Crippen molar-refractivity contribution in [2.75, 3.05) is 7.05 Å². The Morgan fingerprint density at radius 2 is 1.74 bits per heavy atom. The summed E-state index contributed by atoms with van der Waals surface area (Å²) in [6, 6.07) is 10.5. The van der Waals surface area contributed by atoms with Crippen molar-refractivity contribution in [2.24, 2.45) is 0 Å². The molecule has 0 aliphatic heterocycles. The Balaban J connectivity index is 2.35. The number of halogens is 2. The molecule has 2 aromatic carbocycles. The van der Waals surface area contributed by atoms with Crippen LogP contribution < -0.4 is 5.32 Å². The average Bonchev–Trinajstić information content (AvgIpc) is 2.63. The highest BCUT2D eigenvalue weighted by molar-refractivity contribution is 6.36. The maximum absolute atomic E-state index is 13.1. The molecule has 6 heteroatoms. The third kappa shape index (κ3) is 5.24. The van der Waals surface area contributed by atoms with Gasteiger partial charge in [0.2, 0.25) is 11.8 Å². The fourth-order valence-electron chi connectivity index (χ4n) is 2.90. The van der Waals surface area contributed by atoms with E-state index in [0.717, 1.165) is 16.7 Å². The Hall–Kier alpha value is -2.04. The molecule has 0 radical (unpaired) electrons. The highest BCUT2D eigenvalue weighted by Gasteiger charge is 2.27. The summed E-state index contributed by atoms with van der Waals surface area (Å²) in [7, 11) is 1.55. The van der Waals surface area contributed by atoms with Crippen LogP contribution in [0.2, 0.25) is 10.0 Å². The molecule has 2 rings (SSSR count). The van der Waals surface area contributed by atoms with E-state index in [0.29, 0.717) is 15.6 Å². The number of aryl methyl sites for hydroxylation is 2. The lowest BCUT2D eigenvalue weighted by molar-refractivity contribution is -0.139. The fourth-order valence-corrected chi connectivity index (χ4v) is 3.42. The topological polar surface area (TPSA) is 49.4 Å². The number of amides is 2. The number of nitrogens with one attached hydrogen (secondary N) is 1. The Kier molecular flexibility index (Phi) is 7.28. The maximum Gasteiger partial charge on any atom is 0.242 e. The Morgan fingerprint density at radius 1 is 1.11 bits per heavy atom. The van der Waals surface area contributed by atoms with Gasteiger partial charge in [-0.25, -0.2) is 0 Å². The summed E-state index contributed by atoms with van der Waals surface area (Å²) < 4.78 is 0. The summed E-state index contributed by atoms with van der Waals surface area (Å²) in [6.07, 6.45) is 0.205. The van der Waals surface area contributed by atoms with E-state index in [1.807, 2.05) is 32.0 Å². The second kappa shape index (κ2) is 9.25. The number of rotatable bonds is 6. The number of hydrogen-bond donors (Lipinski definition) is 1. The van der Waals surface area contributed by atoms with Gasteiger partial charge in [0.1, 0.15) is 6.04 Å². The third-order valence-corrected chi connectivity index (χ3v) is 5.36. The molecule has 0 heterocycles. The van der Waals surface area contributed by atoms with Crippen LogP contribution in [0.4, 0.5) is 0 Å². The largest absolute Gasteiger partial charge is 0.357 e. The SMILES string of the molecule is CNC(=O)C(C)N(Cc1c(Cl)cccc1Cl)C(=O)Cc1cc(C)ccc1C. The van der Waals surface area contributed by atoms with E-state index in [4.69, 9.17) is 23.2 Å². The molecule has 0 saturated carbocycles. The first-order valence-electron chi connectivity index (χ1n) is 8.74. The lowest BCUT2D eigenvalue weighted by atomic mass is 10.0. The maximum atomic E-state index is 13.1. The van der Waals surface area contributed by atoms with Gasteiger partial charge in [0.05, 0.1) is 6.42 Å². The van der Waals surface area contributed by atoms with Crippen molar-refractivity contribution < 1.29 is 9.59 Å². The smallest absolute Gasteiger partial charge is 0.242 e. The van der Waals surface area contributed by atoms with E-state index in [2.05, 4.69) is 5.32 Å². The van der Waals surface area contributed by atoms with Crippen LogP contribution in [0.1, 0.15) is 29.2 Å². The summed E-state index contributed by atoms with van der Waals surface area (Å²) in [5, 5.41) is 3.54. The first-order valence-corrected chi connectivity index (χ1v) is 9.50. The lowest BCUT2D eigenvalue weighted by Gasteiger charge is -2.29. The van der Waals surface area contributed by atoms with Gasteiger partial charge >= 0.3 is 0 Å². The second-order valence-electron chi connectivity index (χ2n) is 6.62. The van der Waals surface area contributed by atoms with Crippen molar-refractivity contribution in [1.82, 2.24) is 10.2 Å². The molecule has 144 valence electrons. The standard InChI is InChI=1S/C21H24Cl2N2O2/c1-13-8-9-14(2)16(10-13)11-20(26)25(15(3)21(27)24-4)12-17-18(22)6-5-7-19(17)23/h5-10,15H,11-12H2,1-4H3,(H,24,27). The molecular weight excluding hydrogens is 383 g/mol. The highest BCUT2D eigenvalue weighted by Crippen LogP contribution is 2.27. The van der Waals surface area contributed by atoms with Gasteiger partial charge in [-0.05, 0) is 44.0 Å². The van der Waals surface area contributed by atoms with Crippen LogP contribution in [0, 0.1) is 13.8 Å². The highest BCUT2D eigenvalue weighted by atomic mass is 35.5. The monoisotopic (exact) mass is 406 g/mol. The van der Waals surface area contributed by atoms with E-state index in [1.54, 1.807) is 32.2 Å². The van der Waals surface area contributed by atoms with Crippen molar-refractivity contribution in [3.8, 4) is 0 Å². The van der Waals surface area contributed by atoms with Gasteiger partial charge in [-0.1, -0.05) is 53.0 Å². The minimum Gasteiger partial charge on any atom is -0.357 e. The van der Waals surface area contributed by atoms with Crippen molar-refractivity contribution in [1.29, 1.82) is 0 Å². The average molecular weight is 407 g/mol. The van der Waals surface area contributed by atoms with Gasteiger partial charge in [0.25, 0.3) is 0 Å². The van der Waals surface area contributed by atoms with Crippen molar-refractivity contribution in [3.63, 3.8) is 0 Å². The van der Waals surface area contributed by atoms with Crippen LogP contribution in [0.3, 0.4) is 0 Å². The number of carbonyl (C=O) groups excluding carboxylic acids is 2. The van der Waals surface area contributed by atoms with Crippen LogP contribution in [0.5, 0.6) is 0 Å². The van der Waals surface area contributed by atoms with Crippen LogP contribution in [-0.2, 0) is 22.6 Å². The molecule has 0 bridgehead atoms. The van der Waals surface area contributed by atoms with Gasteiger partial charge in [-0.3, -0.25) is 9.59 Å². The molecular formula is C21H24Cl2N2O2. The zero-order valence-electron chi connectivity index (χ0n) is 16.0. The summed E-state index contributed by atoms with van der Waals surface area (Å²) in [5.74, 6) is -0.400. The first-order chi connectivity index (χ1) is 12.7. The molecule has 4 nitrogen and oxygen atoms in total. The molecule has 2 aromatic rings. The van der Waals surface area contributed by atoms with Crippen LogP contribution in [0.25, 0.3) is 0 Å². The molecule has 0 saturated heterocycles. The normalized spacial score (nSPS) is 11.8. The quantitative estimate of drug-likeness (QED) is 0.776. The van der Waals surface area contributed by atoms with E-state index in [-0.39, 0.29) is 24.8 Å². The van der Waals surface area contributed by atoms with E-state index >= 15 is 0 Å². The van der Waals surface area contributed by atoms with Crippen molar-refractivity contribution in [2.45, 2.75) is 39.8 Å². The molecule has 1 N–H and O–H groups in total. The molecule has 0 aliphatic rings. The fraction of sp³-hybridized carbons (Fsp3) is 0.333. The molecule has 27 heavy (non-hydrogen) atoms. The summed E-state index contributed by atoms with van der Waals surface area (Å²) in [5.41, 5.74) is 3.70. The summed E-state index contributed by atoms with van der Waals surface area (Å²) in [4.78, 5) is 26.9. The first kappa shape index (κ1) is 21.3. The molecule has 2 amide bonds. The lowest BCUT2D eigenvalue weighted by Crippen LogP contribution is -2.47. The predicted molar refractivity (Wildman–Crippen MR) is 110 cm³/mol. The summed E-state index contributed by atoms with van der Waals surface area (Å²) >= 11 is 12.6. The van der Waals surface area contributed by atoms with Crippen molar-refractivity contribution >= 4 is 35.0 Å². The molecule has 0 aromatic heterocycles. The van der Waals surface area contributed by atoms with Crippen LogP contribution >= 0.6 is 23.2 Å². The van der Waals surface area contributed by atoms with Crippen LogP contribution in [0.15, 0.2) is 36.4 Å². The molecule has 0 aliphatic carbocycles. The number of nitrogens with zero attached hydrogens (tertiary/aromatic N) is 1. The Bertz CT molecular complexity index is 832. The zero-order chi connectivity index (χ0) is 20.1. The number of likely N-dealkylation sites (N-methyl/N-ethyl adjacent to an activating group) is 1. The van der Waals surface area contributed by atoms with Gasteiger partial charge in [-0.2, -0.15) is 0 Å². The Labute approximate surface area is 170 Å². The van der Waals surface area contributed by atoms with Gasteiger partial charge in [0.15, 0.2) is 0 Å². The summed E-state index contributed by atoms with van der Waals surface area (Å²) in [6.45, 7) is 5.82.